The average Bonchev–Trinajstić information content (AvgIpc) is 2.35. The second-order valence-corrected chi connectivity index (χ2v) is 3.87. The summed E-state index contributed by atoms with van der Waals surface area (Å²) < 4.78 is 4.67. The first-order valence-electron chi connectivity index (χ1n) is 5.40. The molecule has 0 atom stereocenters. The van der Waals surface area contributed by atoms with Gasteiger partial charge in [0, 0.05) is 11.0 Å². The van der Waals surface area contributed by atoms with Gasteiger partial charge in [0.15, 0.2) is 0 Å². The Morgan fingerprint density at radius 3 is 2.94 bits per heavy atom. The summed E-state index contributed by atoms with van der Waals surface area (Å²) in [5.74, 6) is 0.226. The van der Waals surface area contributed by atoms with Crippen LogP contribution >= 0.6 is 12.0 Å². The van der Waals surface area contributed by atoms with Crippen LogP contribution in [0.4, 0.5) is 0 Å². The molecule has 0 saturated carbocycles. The number of hydrogen-bond donors (Lipinski definition) is 1. The van der Waals surface area contributed by atoms with Crippen LogP contribution in [0.1, 0.15) is 25.3 Å². The maximum atomic E-state index is 9.45. The van der Waals surface area contributed by atoms with Gasteiger partial charge in [-0.25, -0.2) is 4.89 Å². The van der Waals surface area contributed by atoms with Crippen LogP contribution in [0.5, 0.6) is 5.75 Å². The molecule has 0 amide bonds. The van der Waals surface area contributed by atoms with Gasteiger partial charge in [-0.1, -0.05) is 36.6 Å². The number of phenolic OH excluding ortho intramolecular Hbond substituents is 1. The molecule has 1 aromatic rings. The molecule has 17 heavy (non-hydrogen) atoms. The lowest BCUT2D eigenvalue weighted by atomic mass is 10.2. The number of para-hydroxylation sites is 1. The zero-order valence-corrected chi connectivity index (χ0v) is 10.5. The molecule has 4 nitrogen and oxygen atoms in total. The standard InChI is InChI=1S/C12H16O4S/c1-2-3-9-14-15-16-17-10-8-11-6-4-5-7-12(11)13/h4-8,10,13H,2-3,9H2,1H3/b10-8+. The first-order valence-corrected chi connectivity index (χ1v) is 6.21. The normalized spacial score (nSPS) is 11.1. The van der Waals surface area contributed by atoms with Crippen molar-refractivity contribution >= 4 is 18.1 Å². The highest BCUT2D eigenvalue weighted by molar-refractivity contribution is 7.97. The Bertz CT molecular complexity index is 341. The molecule has 1 N–H and O–H groups in total. The summed E-state index contributed by atoms with van der Waals surface area (Å²) in [6, 6.07) is 7.02. The van der Waals surface area contributed by atoms with Gasteiger partial charge in [-0.15, -0.1) is 4.33 Å². The SMILES string of the molecule is CCCCOOOS/C=C/c1ccccc1O. The van der Waals surface area contributed by atoms with Gasteiger partial charge >= 0.3 is 0 Å². The van der Waals surface area contributed by atoms with Crippen molar-refractivity contribution in [3.8, 4) is 5.75 Å². The Hall–Kier alpha value is -1.01. The molecule has 1 rings (SSSR count). The predicted molar refractivity (Wildman–Crippen MR) is 67.8 cm³/mol. The Kier molecular flexibility index (Phi) is 7.49. The molecular weight excluding hydrogens is 240 g/mol. The van der Waals surface area contributed by atoms with Crippen molar-refractivity contribution in [2.75, 3.05) is 6.61 Å². The smallest absolute Gasteiger partial charge is 0.122 e. The predicted octanol–water partition coefficient (Wildman–Crippen LogP) is 3.69. The van der Waals surface area contributed by atoms with Gasteiger partial charge in [-0.2, -0.15) is 0 Å². The van der Waals surface area contributed by atoms with Crippen LogP contribution in [0, 0.1) is 0 Å². The van der Waals surface area contributed by atoms with Crippen LogP contribution in [0.25, 0.3) is 6.08 Å². The number of hydrogen-bond acceptors (Lipinski definition) is 5. The molecule has 0 bridgehead atoms. The number of phenols is 1. The van der Waals surface area contributed by atoms with E-state index in [0.717, 1.165) is 30.4 Å². The fourth-order valence-corrected chi connectivity index (χ4v) is 1.34. The largest absolute Gasteiger partial charge is 0.507 e. The van der Waals surface area contributed by atoms with E-state index in [9.17, 15) is 5.11 Å². The summed E-state index contributed by atoms with van der Waals surface area (Å²) in [6.07, 6.45) is 3.70. The summed E-state index contributed by atoms with van der Waals surface area (Å²) in [6.45, 7) is 2.58. The van der Waals surface area contributed by atoms with E-state index in [4.69, 9.17) is 4.89 Å². The summed E-state index contributed by atoms with van der Waals surface area (Å²) in [7, 11) is 0. The monoisotopic (exact) mass is 256 g/mol. The molecule has 0 aromatic heterocycles. The van der Waals surface area contributed by atoms with Gasteiger partial charge in [-0.3, -0.25) is 0 Å². The van der Waals surface area contributed by atoms with Gasteiger partial charge < -0.3 is 5.11 Å². The number of benzene rings is 1. The van der Waals surface area contributed by atoms with Crippen molar-refractivity contribution in [3.05, 3.63) is 35.2 Å². The number of unbranched alkanes of at least 4 members (excludes halogenated alkanes) is 1. The molecule has 0 radical (unpaired) electrons. The van der Waals surface area contributed by atoms with Crippen molar-refractivity contribution in [2.45, 2.75) is 19.8 Å². The van der Waals surface area contributed by atoms with Gasteiger partial charge in [0.1, 0.15) is 5.75 Å². The summed E-state index contributed by atoms with van der Waals surface area (Å²) in [5, 5.41) is 15.6. The van der Waals surface area contributed by atoms with E-state index in [1.165, 1.54) is 0 Å². The van der Waals surface area contributed by atoms with E-state index >= 15 is 0 Å². The summed E-state index contributed by atoms with van der Waals surface area (Å²) in [5.41, 5.74) is 0.718. The second-order valence-electron chi connectivity index (χ2n) is 3.27. The van der Waals surface area contributed by atoms with Crippen LogP contribution < -0.4 is 0 Å². The van der Waals surface area contributed by atoms with Crippen LogP contribution in [-0.4, -0.2) is 11.7 Å². The van der Waals surface area contributed by atoms with Crippen LogP contribution in [0.2, 0.25) is 0 Å². The lowest BCUT2D eigenvalue weighted by molar-refractivity contribution is -0.460. The third kappa shape index (κ3) is 6.33. The highest BCUT2D eigenvalue weighted by atomic mass is 32.2. The topological polar surface area (TPSA) is 47.9 Å². The highest BCUT2D eigenvalue weighted by Crippen LogP contribution is 2.19. The van der Waals surface area contributed by atoms with Crippen molar-refractivity contribution in [2.24, 2.45) is 0 Å². The number of aromatic hydroxyl groups is 1. The van der Waals surface area contributed by atoms with E-state index in [0.29, 0.717) is 6.61 Å². The first-order chi connectivity index (χ1) is 8.34. The molecule has 0 aliphatic heterocycles. The molecular formula is C12H16O4S. The van der Waals surface area contributed by atoms with Crippen LogP contribution in [-0.2, 0) is 14.3 Å². The average molecular weight is 256 g/mol. The molecule has 0 saturated heterocycles. The highest BCUT2D eigenvalue weighted by Gasteiger charge is 1.94. The Balaban J connectivity index is 2.12. The van der Waals surface area contributed by atoms with Crippen LogP contribution in [0.3, 0.4) is 0 Å². The molecule has 0 aliphatic carbocycles. The van der Waals surface area contributed by atoms with Gasteiger partial charge in [-0.05, 0) is 18.6 Å². The van der Waals surface area contributed by atoms with Gasteiger partial charge in [0.2, 0.25) is 0 Å². The zero-order chi connectivity index (χ0) is 12.3. The molecule has 0 unspecified atom stereocenters. The lowest BCUT2D eigenvalue weighted by Gasteiger charge is -1.99. The zero-order valence-electron chi connectivity index (χ0n) is 9.67. The van der Waals surface area contributed by atoms with Gasteiger partial charge in [0.25, 0.3) is 0 Å². The van der Waals surface area contributed by atoms with Gasteiger partial charge in [0.05, 0.1) is 18.6 Å². The molecule has 0 heterocycles. The van der Waals surface area contributed by atoms with E-state index in [1.54, 1.807) is 29.7 Å². The van der Waals surface area contributed by atoms with Crippen LogP contribution in [0.15, 0.2) is 29.7 Å². The maximum Gasteiger partial charge on any atom is 0.122 e. The third-order valence-corrected chi connectivity index (χ3v) is 2.32. The van der Waals surface area contributed by atoms with E-state index in [1.807, 2.05) is 6.07 Å². The second kappa shape index (κ2) is 9.07. The maximum absolute atomic E-state index is 9.45. The van der Waals surface area contributed by atoms with E-state index in [2.05, 4.69) is 16.3 Å². The summed E-state index contributed by atoms with van der Waals surface area (Å²) >= 11 is 0.976. The quantitative estimate of drug-likeness (QED) is 0.332. The lowest BCUT2D eigenvalue weighted by Crippen LogP contribution is -1.93. The molecule has 0 aliphatic rings. The minimum atomic E-state index is 0.226. The molecule has 0 spiro atoms. The summed E-state index contributed by atoms with van der Waals surface area (Å²) in [4.78, 5) is 4.72. The van der Waals surface area contributed by atoms with E-state index in [-0.39, 0.29) is 5.75 Å². The first kappa shape index (κ1) is 14.1. The molecule has 1 aromatic carbocycles. The number of rotatable bonds is 8. The minimum absolute atomic E-state index is 0.226. The van der Waals surface area contributed by atoms with Crippen molar-refractivity contribution < 1.29 is 19.4 Å². The Labute approximate surface area is 105 Å². The Morgan fingerprint density at radius 2 is 2.18 bits per heavy atom. The Morgan fingerprint density at radius 1 is 1.35 bits per heavy atom. The molecule has 5 heteroatoms. The third-order valence-electron chi connectivity index (χ3n) is 1.94. The van der Waals surface area contributed by atoms with E-state index < -0.39 is 0 Å². The molecule has 94 valence electrons. The van der Waals surface area contributed by atoms with Crippen molar-refractivity contribution in [1.82, 2.24) is 0 Å². The fraction of sp³-hybridized carbons (Fsp3) is 0.333. The minimum Gasteiger partial charge on any atom is -0.507 e. The molecule has 0 fully saturated rings. The fourth-order valence-electron chi connectivity index (χ4n) is 1.03. The van der Waals surface area contributed by atoms with Crippen molar-refractivity contribution in [1.29, 1.82) is 0 Å². The van der Waals surface area contributed by atoms with Crippen molar-refractivity contribution in [3.63, 3.8) is 0 Å².